The van der Waals surface area contributed by atoms with E-state index in [0.29, 0.717) is 17.2 Å². The fourth-order valence-electron chi connectivity index (χ4n) is 4.48. The number of rotatable bonds is 7. The van der Waals surface area contributed by atoms with E-state index in [-0.39, 0.29) is 17.8 Å². The number of aldehydes is 1. The molecular weight excluding hydrogens is 494 g/mol. The molecule has 0 saturated carbocycles. The highest BCUT2D eigenvalue weighted by Crippen LogP contribution is 2.31. The van der Waals surface area contributed by atoms with Gasteiger partial charge in [0.1, 0.15) is 47.9 Å². The highest BCUT2D eigenvalue weighted by molar-refractivity contribution is 5.81. The first-order chi connectivity index (χ1) is 17.6. The van der Waals surface area contributed by atoms with Gasteiger partial charge in [-0.3, -0.25) is 4.79 Å². The van der Waals surface area contributed by atoms with E-state index in [9.17, 15) is 34.8 Å². The molecule has 0 spiro atoms. The number of hydrogen-bond donors (Lipinski definition) is 5. The molecule has 2 aliphatic rings. The van der Waals surface area contributed by atoms with Gasteiger partial charge < -0.3 is 53.9 Å². The number of aryl methyl sites for hydroxylation is 1. The Morgan fingerprint density at radius 2 is 1.95 bits per heavy atom. The van der Waals surface area contributed by atoms with Crippen LogP contribution in [0.1, 0.15) is 18.9 Å². The number of hydrogen-bond acceptors (Lipinski definition) is 12. The molecule has 2 aliphatic heterocycles. The van der Waals surface area contributed by atoms with Crippen LogP contribution in [0, 0.1) is 6.92 Å². The van der Waals surface area contributed by atoms with Crippen LogP contribution in [0.5, 0.6) is 5.75 Å². The van der Waals surface area contributed by atoms with E-state index in [1.807, 2.05) is 0 Å². The molecular formula is C24H29NO12. The molecule has 2 aromatic rings. The maximum absolute atomic E-state index is 11.9. The topological polar surface area (TPSA) is 194 Å². The van der Waals surface area contributed by atoms with Crippen LogP contribution in [0.25, 0.3) is 11.0 Å². The zero-order valence-corrected chi connectivity index (χ0v) is 20.1. The fourth-order valence-corrected chi connectivity index (χ4v) is 4.48. The highest BCUT2D eigenvalue weighted by atomic mass is 16.7. The molecule has 2 fully saturated rings. The van der Waals surface area contributed by atoms with E-state index in [1.54, 1.807) is 19.1 Å². The van der Waals surface area contributed by atoms with Crippen molar-refractivity contribution in [2.24, 2.45) is 0 Å². The van der Waals surface area contributed by atoms with Crippen molar-refractivity contribution in [2.45, 2.75) is 75.5 Å². The standard InChI is InChI=1S/C24H29NO12/c1-10-5-18(30)34-15-6-12(3-4-13(10)15)33-24-20(25-11(2)28)22(32)23(17(9-27)36-24)37-19-7-14(29)21(31)16(8-26)35-19/h3-6,8,14,16-17,19-24,27,29,31-32H,7,9H2,1-2H3,(H,25,28)/t14-,16-,17-,19+,20-,21-,22-,23-,24-/m1/s1. The van der Waals surface area contributed by atoms with Gasteiger partial charge in [0.25, 0.3) is 0 Å². The Bertz CT molecular complexity index is 1180. The minimum Gasteiger partial charge on any atom is -0.462 e. The smallest absolute Gasteiger partial charge is 0.336 e. The van der Waals surface area contributed by atoms with Gasteiger partial charge in [-0.05, 0) is 24.6 Å². The number of amides is 1. The maximum Gasteiger partial charge on any atom is 0.336 e. The number of ether oxygens (including phenoxy) is 4. The lowest BCUT2D eigenvalue weighted by molar-refractivity contribution is -0.311. The van der Waals surface area contributed by atoms with Crippen LogP contribution in [0.2, 0.25) is 0 Å². The number of fused-ring (bicyclic) bond motifs is 1. The molecule has 0 bridgehead atoms. The summed E-state index contributed by atoms with van der Waals surface area (Å²) in [4.78, 5) is 34.9. The van der Waals surface area contributed by atoms with E-state index >= 15 is 0 Å². The summed E-state index contributed by atoms with van der Waals surface area (Å²) < 4.78 is 28.1. The highest BCUT2D eigenvalue weighted by Gasteiger charge is 2.49. The molecule has 202 valence electrons. The summed E-state index contributed by atoms with van der Waals surface area (Å²) in [6.45, 7) is 2.35. The summed E-state index contributed by atoms with van der Waals surface area (Å²) in [5.41, 5.74) is 0.426. The molecule has 3 heterocycles. The molecule has 1 aromatic carbocycles. The van der Waals surface area contributed by atoms with Crippen molar-refractivity contribution in [3.8, 4) is 5.75 Å². The first-order valence-corrected chi connectivity index (χ1v) is 11.7. The summed E-state index contributed by atoms with van der Waals surface area (Å²) in [5, 5.41) is 44.2. The first-order valence-electron chi connectivity index (χ1n) is 11.7. The Kier molecular flexibility index (Phi) is 8.23. The molecule has 1 aromatic heterocycles. The second-order valence-corrected chi connectivity index (χ2v) is 9.03. The summed E-state index contributed by atoms with van der Waals surface area (Å²) in [6.07, 6.45) is -10.5. The second-order valence-electron chi connectivity index (χ2n) is 9.03. The summed E-state index contributed by atoms with van der Waals surface area (Å²) in [7, 11) is 0. The zero-order valence-electron chi connectivity index (χ0n) is 20.1. The Balaban J connectivity index is 1.57. The molecule has 13 heteroatoms. The molecule has 37 heavy (non-hydrogen) atoms. The van der Waals surface area contributed by atoms with Gasteiger partial charge in [0.05, 0.1) is 12.7 Å². The lowest BCUT2D eigenvalue weighted by Crippen LogP contribution is -2.66. The number of nitrogens with one attached hydrogen (secondary N) is 1. The van der Waals surface area contributed by atoms with E-state index in [0.717, 1.165) is 0 Å². The summed E-state index contributed by atoms with van der Waals surface area (Å²) in [5.74, 6) is -0.317. The average Bonchev–Trinajstić information content (AvgIpc) is 2.84. The SMILES string of the molecule is CC(=O)N[C@H]1[C@H](Oc2ccc3c(C)cc(=O)oc3c2)O[C@H](CO)[C@@H](O[C@H]2C[C@@H](O)[C@@H](O)[C@@H](C=O)O2)[C@@H]1O. The Labute approximate surface area is 210 Å². The van der Waals surface area contributed by atoms with E-state index in [4.69, 9.17) is 23.4 Å². The largest absolute Gasteiger partial charge is 0.462 e. The molecule has 2 saturated heterocycles. The molecule has 4 rings (SSSR count). The summed E-state index contributed by atoms with van der Waals surface area (Å²) in [6, 6.07) is 4.90. The number of aliphatic hydroxyl groups excluding tert-OH is 4. The molecule has 0 aliphatic carbocycles. The third-order valence-electron chi connectivity index (χ3n) is 6.31. The maximum atomic E-state index is 11.9. The molecule has 1 amide bonds. The molecule has 0 unspecified atom stereocenters. The van der Waals surface area contributed by atoms with Crippen molar-refractivity contribution in [1.29, 1.82) is 0 Å². The molecule has 5 N–H and O–H groups in total. The van der Waals surface area contributed by atoms with Gasteiger partial charge >= 0.3 is 5.63 Å². The zero-order chi connectivity index (χ0) is 26.9. The van der Waals surface area contributed by atoms with Crippen LogP contribution < -0.4 is 15.7 Å². The van der Waals surface area contributed by atoms with Crippen LogP contribution in [-0.4, -0.2) is 94.5 Å². The van der Waals surface area contributed by atoms with Crippen LogP contribution in [0.3, 0.4) is 0 Å². The lowest BCUT2D eigenvalue weighted by atomic mass is 9.96. The average molecular weight is 523 g/mol. The Hall–Kier alpha value is -2.91. The Morgan fingerprint density at radius 1 is 1.19 bits per heavy atom. The number of benzene rings is 1. The minimum absolute atomic E-state index is 0.200. The van der Waals surface area contributed by atoms with E-state index < -0.39 is 73.4 Å². The van der Waals surface area contributed by atoms with Gasteiger partial charge in [0, 0.05) is 30.9 Å². The predicted molar refractivity (Wildman–Crippen MR) is 123 cm³/mol. The number of carbonyl (C=O) groups is 2. The Morgan fingerprint density at radius 3 is 2.62 bits per heavy atom. The third-order valence-corrected chi connectivity index (χ3v) is 6.31. The van der Waals surface area contributed by atoms with Gasteiger partial charge in [-0.25, -0.2) is 4.79 Å². The molecule has 13 nitrogen and oxygen atoms in total. The minimum atomic E-state index is -1.50. The van der Waals surface area contributed by atoms with Gasteiger partial charge in [0.15, 0.2) is 12.6 Å². The lowest BCUT2D eigenvalue weighted by Gasteiger charge is -2.45. The van der Waals surface area contributed by atoms with Crippen molar-refractivity contribution in [1.82, 2.24) is 5.32 Å². The van der Waals surface area contributed by atoms with Gasteiger partial charge in [-0.2, -0.15) is 0 Å². The van der Waals surface area contributed by atoms with Crippen molar-refractivity contribution >= 4 is 23.2 Å². The van der Waals surface area contributed by atoms with Crippen molar-refractivity contribution < 1.29 is 53.4 Å². The van der Waals surface area contributed by atoms with Crippen molar-refractivity contribution in [3.63, 3.8) is 0 Å². The van der Waals surface area contributed by atoms with Gasteiger partial charge in [-0.1, -0.05) is 0 Å². The molecule has 0 radical (unpaired) electrons. The number of aliphatic hydroxyl groups is 4. The van der Waals surface area contributed by atoms with Crippen LogP contribution >= 0.6 is 0 Å². The van der Waals surface area contributed by atoms with Crippen LogP contribution in [0.15, 0.2) is 33.5 Å². The second kappa shape index (κ2) is 11.2. The van der Waals surface area contributed by atoms with Crippen molar-refractivity contribution in [2.75, 3.05) is 6.61 Å². The fraction of sp³-hybridized carbons (Fsp3) is 0.542. The van der Waals surface area contributed by atoms with Gasteiger partial charge in [-0.15, -0.1) is 0 Å². The van der Waals surface area contributed by atoms with Crippen LogP contribution in [-0.2, 0) is 23.8 Å². The first kappa shape index (κ1) is 27.1. The monoisotopic (exact) mass is 523 g/mol. The molecule has 9 atom stereocenters. The van der Waals surface area contributed by atoms with Crippen LogP contribution in [0.4, 0.5) is 0 Å². The van der Waals surface area contributed by atoms with E-state index in [1.165, 1.54) is 19.1 Å². The van der Waals surface area contributed by atoms with E-state index in [2.05, 4.69) is 5.32 Å². The third kappa shape index (κ3) is 5.83. The van der Waals surface area contributed by atoms with Gasteiger partial charge in [0.2, 0.25) is 12.2 Å². The normalized spacial score (nSPS) is 34.2. The van der Waals surface area contributed by atoms with Crippen molar-refractivity contribution in [3.05, 3.63) is 40.2 Å². The summed E-state index contributed by atoms with van der Waals surface area (Å²) >= 11 is 0. The quantitative estimate of drug-likeness (QED) is 0.208. The predicted octanol–water partition coefficient (Wildman–Crippen LogP) is -1.52. The number of carbonyl (C=O) groups excluding carboxylic acids is 2.